The number of rotatable bonds is 0. The molecule has 0 radical (unpaired) electrons. The number of aromatic nitrogens is 4. The minimum atomic E-state index is 0.923. The second-order valence-electron chi connectivity index (χ2n) is 3.85. The fourth-order valence-electron chi connectivity index (χ4n) is 2.22. The van der Waals surface area contributed by atoms with Crippen molar-refractivity contribution in [2.75, 3.05) is 0 Å². The second kappa shape index (κ2) is 2.61. The zero-order chi connectivity index (χ0) is 10.5. The normalized spacial score (nSPS) is 11.8. The lowest BCUT2D eigenvalue weighted by molar-refractivity contribution is 1.10. The van der Waals surface area contributed by atoms with Crippen LogP contribution in [-0.4, -0.2) is 20.4 Å². The Bertz CT molecular complexity index is 680. The van der Waals surface area contributed by atoms with Crippen molar-refractivity contribution >= 4 is 32.8 Å². The van der Waals surface area contributed by atoms with E-state index in [9.17, 15) is 0 Å². The van der Waals surface area contributed by atoms with Gasteiger partial charge < -0.3 is 10.2 Å². The standard InChI is InChI=1S/C12H8N4/c1-3-7-11-8(4-1)14-16-10-6-2-5-9(12(10)11)15-13-7/h1-6,13,15H. The van der Waals surface area contributed by atoms with Crippen LogP contribution in [0.3, 0.4) is 0 Å². The van der Waals surface area contributed by atoms with Crippen LogP contribution < -0.4 is 0 Å². The number of hydrogen-bond donors (Lipinski definition) is 2. The van der Waals surface area contributed by atoms with Crippen molar-refractivity contribution in [3.8, 4) is 0 Å². The smallest absolute Gasteiger partial charge is 0.0958 e. The molecule has 4 nitrogen and oxygen atoms in total. The fraction of sp³-hybridized carbons (Fsp3) is 0. The molecule has 0 spiro atoms. The molecule has 0 saturated heterocycles. The third-order valence-corrected chi connectivity index (χ3v) is 2.93. The summed E-state index contributed by atoms with van der Waals surface area (Å²) in [4.78, 5) is 0. The highest BCUT2D eigenvalue weighted by molar-refractivity contribution is 6.17. The van der Waals surface area contributed by atoms with Gasteiger partial charge in [0.2, 0.25) is 0 Å². The molecule has 2 heterocycles. The lowest BCUT2D eigenvalue weighted by atomic mass is 10.1. The van der Waals surface area contributed by atoms with Gasteiger partial charge in [0.05, 0.1) is 22.1 Å². The highest BCUT2D eigenvalue weighted by atomic mass is 15.1. The van der Waals surface area contributed by atoms with E-state index < -0.39 is 0 Å². The highest BCUT2D eigenvalue weighted by Gasteiger charge is 2.08. The van der Waals surface area contributed by atoms with E-state index in [1.54, 1.807) is 0 Å². The van der Waals surface area contributed by atoms with Gasteiger partial charge in [0.1, 0.15) is 0 Å². The van der Waals surface area contributed by atoms with Gasteiger partial charge in [0.15, 0.2) is 0 Å². The van der Waals surface area contributed by atoms with Crippen LogP contribution in [-0.2, 0) is 0 Å². The average molecular weight is 208 g/mol. The van der Waals surface area contributed by atoms with Crippen molar-refractivity contribution in [3.63, 3.8) is 0 Å². The molecular weight excluding hydrogens is 200 g/mol. The van der Waals surface area contributed by atoms with Crippen molar-refractivity contribution in [2.24, 2.45) is 0 Å². The number of aromatic amines is 2. The highest BCUT2D eigenvalue weighted by Crippen LogP contribution is 2.28. The fourth-order valence-corrected chi connectivity index (χ4v) is 2.22. The van der Waals surface area contributed by atoms with Crippen LogP contribution in [0.4, 0.5) is 0 Å². The molecule has 0 atom stereocenters. The molecule has 2 aromatic carbocycles. The van der Waals surface area contributed by atoms with E-state index in [0.29, 0.717) is 0 Å². The lowest BCUT2D eigenvalue weighted by Crippen LogP contribution is -1.94. The van der Waals surface area contributed by atoms with E-state index in [-0.39, 0.29) is 0 Å². The number of benzene rings is 2. The van der Waals surface area contributed by atoms with E-state index in [0.717, 1.165) is 32.8 Å². The first-order valence-electron chi connectivity index (χ1n) is 5.14. The Hall–Kier alpha value is -2.36. The number of nitrogens with one attached hydrogen (secondary N) is 2. The summed E-state index contributed by atoms with van der Waals surface area (Å²) < 4.78 is 0. The molecule has 4 heteroatoms. The van der Waals surface area contributed by atoms with E-state index in [1.807, 2.05) is 36.4 Å². The van der Waals surface area contributed by atoms with Crippen LogP contribution >= 0.6 is 0 Å². The van der Waals surface area contributed by atoms with E-state index in [2.05, 4.69) is 20.4 Å². The molecule has 0 aliphatic rings. The molecule has 0 fully saturated rings. The third kappa shape index (κ3) is 0.839. The zero-order valence-electron chi connectivity index (χ0n) is 8.36. The minimum absolute atomic E-state index is 0.923. The first-order valence-corrected chi connectivity index (χ1v) is 5.14. The summed E-state index contributed by atoms with van der Waals surface area (Å²) in [6, 6.07) is 12.0. The van der Waals surface area contributed by atoms with Gasteiger partial charge in [0.25, 0.3) is 0 Å². The van der Waals surface area contributed by atoms with Crippen LogP contribution in [0.1, 0.15) is 0 Å². The number of hydrogen-bond acceptors (Lipinski definition) is 2. The number of H-pyrrole nitrogens is 2. The van der Waals surface area contributed by atoms with Crippen LogP contribution in [0.2, 0.25) is 0 Å². The topological polar surface area (TPSA) is 57.4 Å². The maximum Gasteiger partial charge on any atom is 0.0958 e. The van der Waals surface area contributed by atoms with Crippen molar-refractivity contribution in [1.29, 1.82) is 0 Å². The summed E-state index contributed by atoms with van der Waals surface area (Å²) in [6.07, 6.45) is 0. The monoisotopic (exact) mass is 208 g/mol. The molecule has 0 aliphatic carbocycles. The SMILES string of the molecule is c1cc2nnc3cccc4[nH][nH]c(c1)c2c34. The van der Waals surface area contributed by atoms with E-state index >= 15 is 0 Å². The quantitative estimate of drug-likeness (QED) is 0.436. The Morgan fingerprint density at radius 3 is 1.69 bits per heavy atom. The average Bonchev–Trinajstić information content (AvgIpc) is 2.36. The molecule has 0 unspecified atom stereocenters. The summed E-state index contributed by atoms with van der Waals surface area (Å²) in [5.74, 6) is 0. The molecule has 0 saturated carbocycles. The van der Waals surface area contributed by atoms with E-state index in [1.165, 1.54) is 0 Å². The Labute approximate surface area is 90.3 Å². The maximum atomic E-state index is 4.23. The molecular formula is C12H8N4. The lowest BCUT2D eigenvalue weighted by Gasteiger charge is -2.08. The van der Waals surface area contributed by atoms with Gasteiger partial charge >= 0.3 is 0 Å². The van der Waals surface area contributed by atoms with Crippen molar-refractivity contribution in [3.05, 3.63) is 36.4 Å². The molecule has 4 rings (SSSR count). The van der Waals surface area contributed by atoms with Crippen molar-refractivity contribution in [1.82, 2.24) is 20.4 Å². The summed E-state index contributed by atoms with van der Waals surface area (Å²) in [6.45, 7) is 0. The van der Waals surface area contributed by atoms with Crippen LogP contribution in [0, 0.1) is 0 Å². The van der Waals surface area contributed by atoms with Gasteiger partial charge in [0, 0.05) is 10.8 Å². The first kappa shape index (κ1) is 7.87. The summed E-state index contributed by atoms with van der Waals surface area (Å²) >= 11 is 0. The molecule has 4 aromatic rings. The van der Waals surface area contributed by atoms with Gasteiger partial charge in [-0.2, -0.15) is 0 Å². The molecule has 0 amide bonds. The molecule has 76 valence electrons. The van der Waals surface area contributed by atoms with Gasteiger partial charge in [-0.3, -0.25) is 0 Å². The van der Waals surface area contributed by atoms with Crippen LogP contribution in [0.5, 0.6) is 0 Å². The summed E-state index contributed by atoms with van der Waals surface area (Å²) in [5, 5.41) is 17.1. The Morgan fingerprint density at radius 2 is 1.19 bits per heavy atom. The second-order valence-corrected chi connectivity index (χ2v) is 3.85. The van der Waals surface area contributed by atoms with Crippen molar-refractivity contribution < 1.29 is 0 Å². The van der Waals surface area contributed by atoms with Crippen LogP contribution in [0.15, 0.2) is 36.4 Å². The van der Waals surface area contributed by atoms with Gasteiger partial charge in [-0.25, -0.2) is 0 Å². The van der Waals surface area contributed by atoms with Gasteiger partial charge in [-0.15, -0.1) is 10.2 Å². The number of nitrogens with zero attached hydrogens (tertiary/aromatic N) is 2. The maximum absolute atomic E-state index is 4.23. The zero-order valence-corrected chi connectivity index (χ0v) is 8.36. The van der Waals surface area contributed by atoms with Gasteiger partial charge in [-0.05, 0) is 24.3 Å². The molecule has 2 aromatic heterocycles. The first-order chi connectivity index (χ1) is 7.93. The Balaban J connectivity index is 2.51. The third-order valence-electron chi connectivity index (χ3n) is 2.93. The molecule has 0 aliphatic heterocycles. The van der Waals surface area contributed by atoms with E-state index in [4.69, 9.17) is 0 Å². The Morgan fingerprint density at radius 1 is 0.688 bits per heavy atom. The predicted octanol–water partition coefficient (Wildman–Crippen LogP) is 2.59. The molecule has 2 N–H and O–H groups in total. The Kier molecular flexibility index (Phi) is 1.28. The summed E-state index contributed by atoms with van der Waals surface area (Å²) in [5.41, 5.74) is 3.95. The largest absolute Gasteiger partial charge is 0.300 e. The van der Waals surface area contributed by atoms with Crippen LogP contribution in [0.25, 0.3) is 32.8 Å². The minimum Gasteiger partial charge on any atom is -0.300 e. The van der Waals surface area contributed by atoms with Gasteiger partial charge in [-0.1, -0.05) is 12.1 Å². The predicted molar refractivity (Wildman–Crippen MR) is 63.3 cm³/mol. The van der Waals surface area contributed by atoms with Crippen molar-refractivity contribution in [2.45, 2.75) is 0 Å². The summed E-state index contributed by atoms with van der Waals surface area (Å²) in [7, 11) is 0. The molecule has 16 heavy (non-hydrogen) atoms. The molecule has 0 bridgehead atoms.